The summed E-state index contributed by atoms with van der Waals surface area (Å²) in [6.45, 7) is 4.97. The van der Waals surface area contributed by atoms with Crippen LogP contribution >= 0.6 is 24.6 Å². The predicted molar refractivity (Wildman–Crippen MR) is 98.1 cm³/mol. The highest BCUT2D eigenvalue weighted by Crippen LogP contribution is 2.11. The Kier molecular flexibility index (Phi) is 13.0. The first kappa shape index (κ1) is 23.6. The number of thiol groups is 1. The van der Waals surface area contributed by atoms with Gasteiger partial charge >= 0.3 is 11.9 Å². The first-order valence-corrected chi connectivity index (χ1v) is 9.64. The van der Waals surface area contributed by atoms with E-state index in [4.69, 9.17) is 9.47 Å². The molecule has 1 unspecified atom stereocenters. The molecule has 0 fully saturated rings. The van der Waals surface area contributed by atoms with Gasteiger partial charge in [0.15, 0.2) is 0 Å². The molecule has 0 aromatic carbocycles. The minimum absolute atomic E-state index is 0.0455. The van der Waals surface area contributed by atoms with E-state index >= 15 is 0 Å². The molecule has 2 amide bonds. The molecule has 0 radical (unpaired) electrons. The standard InChI is InChI=1S/C15H26N2O6S2/c1-4-12(18)16-11(15(21)17-24)9-25-8-10(23-14(20)6-3)7-22-13(19)5-2/h10-11,24H,4-9H2,1-3H3,(H,16,18)(H,17,21)/t10?,11-/m0/s1. The van der Waals surface area contributed by atoms with Gasteiger partial charge in [-0.15, -0.1) is 0 Å². The van der Waals surface area contributed by atoms with Crippen LogP contribution in [0.25, 0.3) is 0 Å². The molecular weight excluding hydrogens is 368 g/mol. The fourth-order valence-corrected chi connectivity index (χ4v) is 2.74. The lowest BCUT2D eigenvalue weighted by Gasteiger charge is -2.20. The molecule has 8 nitrogen and oxygen atoms in total. The molecule has 2 atom stereocenters. The number of nitrogens with one attached hydrogen (secondary N) is 2. The van der Waals surface area contributed by atoms with Crippen LogP contribution in [0.5, 0.6) is 0 Å². The van der Waals surface area contributed by atoms with Crippen molar-refractivity contribution in [3.05, 3.63) is 0 Å². The zero-order chi connectivity index (χ0) is 19.2. The van der Waals surface area contributed by atoms with Crippen LogP contribution in [0.4, 0.5) is 0 Å². The maximum Gasteiger partial charge on any atom is 0.305 e. The number of thioether (sulfide) groups is 1. The Morgan fingerprint density at radius 1 is 1.00 bits per heavy atom. The maximum absolute atomic E-state index is 11.7. The highest BCUT2D eigenvalue weighted by atomic mass is 32.2. The minimum Gasteiger partial charge on any atom is -0.462 e. The molecule has 0 bridgehead atoms. The van der Waals surface area contributed by atoms with Crippen molar-refractivity contribution in [3.8, 4) is 0 Å². The monoisotopic (exact) mass is 394 g/mol. The number of hydrogen-bond donors (Lipinski definition) is 3. The van der Waals surface area contributed by atoms with Crippen molar-refractivity contribution < 1.29 is 28.7 Å². The van der Waals surface area contributed by atoms with Crippen LogP contribution in [0.3, 0.4) is 0 Å². The molecule has 144 valence electrons. The van der Waals surface area contributed by atoms with Crippen LogP contribution in [-0.4, -0.2) is 54.0 Å². The van der Waals surface area contributed by atoms with E-state index in [-0.39, 0.29) is 43.5 Å². The Morgan fingerprint density at radius 2 is 1.64 bits per heavy atom. The van der Waals surface area contributed by atoms with Crippen LogP contribution in [0.1, 0.15) is 40.0 Å². The molecule has 0 aliphatic heterocycles. The molecule has 0 aliphatic rings. The minimum atomic E-state index is -0.754. The van der Waals surface area contributed by atoms with E-state index in [0.29, 0.717) is 5.75 Å². The molecule has 0 rings (SSSR count). The summed E-state index contributed by atoms with van der Waals surface area (Å²) in [4.78, 5) is 46.0. The summed E-state index contributed by atoms with van der Waals surface area (Å²) in [7, 11) is 0. The smallest absolute Gasteiger partial charge is 0.305 e. The van der Waals surface area contributed by atoms with Gasteiger partial charge in [0.05, 0.1) is 0 Å². The van der Waals surface area contributed by atoms with Crippen molar-refractivity contribution >= 4 is 48.3 Å². The Labute approximate surface area is 157 Å². The zero-order valence-electron chi connectivity index (χ0n) is 14.7. The summed E-state index contributed by atoms with van der Waals surface area (Å²) in [5.74, 6) is -0.890. The third-order valence-corrected chi connectivity index (χ3v) is 4.37. The Morgan fingerprint density at radius 3 is 2.16 bits per heavy atom. The van der Waals surface area contributed by atoms with E-state index in [1.54, 1.807) is 20.8 Å². The lowest BCUT2D eigenvalue weighted by Crippen LogP contribution is -2.46. The normalized spacial score (nSPS) is 12.6. The number of hydrogen-bond acceptors (Lipinski definition) is 8. The van der Waals surface area contributed by atoms with E-state index in [1.165, 1.54) is 11.8 Å². The third-order valence-electron chi connectivity index (χ3n) is 2.98. The Bertz CT molecular complexity index is 461. The molecule has 0 saturated heterocycles. The molecule has 0 aliphatic carbocycles. The quantitative estimate of drug-likeness (QED) is 0.332. The van der Waals surface area contributed by atoms with Gasteiger partial charge in [-0.05, 0) is 0 Å². The average molecular weight is 395 g/mol. The Balaban J connectivity index is 4.59. The van der Waals surface area contributed by atoms with Crippen molar-refractivity contribution in [2.75, 3.05) is 18.1 Å². The predicted octanol–water partition coefficient (Wildman–Crippen LogP) is 0.850. The summed E-state index contributed by atoms with van der Waals surface area (Å²) < 4.78 is 12.4. The summed E-state index contributed by atoms with van der Waals surface area (Å²) in [5, 5.41) is 2.59. The number of carbonyl (C=O) groups is 4. The molecule has 0 spiro atoms. The van der Waals surface area contributed by atoms with Crippen molar-refractivity contribution in [3.63, 3.8) is 0 Å². The molecule has 0 heterocycles. The second kappa shape index (κ2) is 13.8. The topological polar surface area (TPSA) is 111 Å². The largest absolute Gasteiger partial charge is 0.462 e. The van der Waals surface area contributed by atoms with E-state index in [0.717, 1.165) is 0 Å². The summed E-state index contributed by atoms with van der Waals surface area (Å²) >= 11 is 5.01. The van der Waals surface area contributed by atoms with Crippen molar-refractivity contribution in [1.82, 2.24) is 10.0 Å². The fourth-order valence-electron chi connectivity index (χ4n) is 1.55. The first-order chi connectivity index (χ1) is 11.9. The first-order valence-electron chi connectivity index (χ1n) is 8.03. The molecule has 2 N–H and O–H groups in total. The Hall–Kier alpha value is -1.42. The molecular formula is C15H26N2O6S2. The lowest BCUT2D eigenvalue weighted by atomic mass is 10.3. The second-order valence-corrected chi connectivity index (χ2v) is 6.29. The van der Waals surface area contributed by atoms with Gasteiger partial charge < -0.3 is 19.5 Å². The molecule has 0 aromatic heterocycles. The lowest BCUT2D eigenvalue weighted by molar-refractivity contribution is -0.157. The number of esters is 2. The number of amides is 2. The summed E-state index contributed by atoms with van der Waals surface area (Å²) in [5.41, 5.74) is 0. The van der Waals surface area contributed by atoms with Crippen LogP contribution in [-0.2, 0) is 28.7 Å². The van der Waals surface area contributed by atoms with Crippen molar-refractivity contribution in [2.24, 2.45) is 0 Å². The number of carbonyl (C=O) groups excluding carboxylic acids is 4. The van der Waals surface area contributed by atoms with Gasteiger partial charge in [-0.25, -0.2) is 0 Å². The third kappa shape index (κ3) is 10.9. The van der Waals surface area contributed by atoms with Gasteiger partial charge in [0.2, 0.25) is 5.91 Å². The van der Waals surface area contributed by atoms with Crippen LogP contribution in [0, 0.1) is 0 Å². The highest BCUT2D eigenvalue weighted by Gasteiger charge is 2.22. The van der Waals surface area contributed by atoms with Crippen molar-refractivity contribution in [1.29, 1.82) is 0 Å². The van der Waals surface area contributed by atoms with E-state index in [9.17, 15) is 19.2 Å². The number of rotatable bonds is 12. The van der Waals surface area contributed by atoms with Gasteiger partial charge in [0.25, 0.3) is 5.91 Å². The molecule has 0 saturated carbocycles. The van der Waals surface area contributed by atoms with Crippen LogP contribution in [0.15, 0.2) is 0 Å². The van der Waals surface area contributed by atoms with E-state index < -0.39 is 24.0 Å². The maximum atomic E-state index is 11.7. The molecule has 25 heavy (non-hydrogen) atoms. The molecule has 10 heteroatoms. The van der Waals surface area contributed by atoms with Crippen LogP contribution in [0.2, 0.25) is 0 Å². The van der Waals surface area contributed by atoms with Gasteiger partial charge in [-0.3, -0.25) is 19.2 Å². The molecule has 0 aromatic rings. The summed E-state index contributed by atoms with van der Waals surface area (Å²) in [6.07, 6.45) is 0.0780. The van der Waals surface area contributed by atoms with E-state index in [1.807, 2.05) is 0 Å². The van der Waals surface area contributed by atoms with Gasteiger partial charge in [-0.1, -0.05) is 33.6 Å². The van der Waals surface area contributed by atoms with Crippen molar-refractivity contribution in [2.45, 2.75) is 52.2 Å². The number of ether oxygens (including phenoxy) is 2. The average Bonchev–Trinajstić information content (AvgIpc) is 2.63. The van der Waals surface area contributed by atoms with Gasteiger partial charge in [0, 0.05) is 30.8 Å². The summed E-state index contributed by atoms with van der Waals surface area (Å²) in [6, 6.07) is -0.754. The zero-order valence-corrected chi connectivity index (χ0v) is 16.4. The van der Waals surface area contributed by atoms with E-state index in [2.05, 4.69) is 22.9 Å². The SMILES string of the molecule is CCC(=O)N[C@@H](CSCC(COC(=O)CC)OC(=O)CC)C(=O)NS. The van der Waals surface area contributed by atoms with Crippen LogP contribution < -0.4 is 10.0 Å². The van der Waals surface area contributed by atoms with Gasteiger partial charge in [0.1, 0.15) is 18.8 Å². The second-order valence-electron chi connectivity index (χ2n) is 4.99. The van der Waals surface area contributed by atoms with Gasteiger partial charge in [-0.2, -0.15) is 11.8 Å². The fraction of sp³-hybridized carbons (Fsp3) is 0.733. The highest BCUT2D eigenvalue weighted by molar-refractivity contribution is 7.99.